The standard InChI is InChI=1S/C20H23FN2O8/c1-10(2)29-18(27)16-14(25)13(24)15(26)19(30-16)31-17-12(21)8-22-20(23-17)28-9-11-6-4-3-5-7-11/h3-8,10,13-16,19,24-26H,9H2,1-2H3/t13-,14-,15+,16-,19-/m0/s1. The number of aromatic nitrogens is 2. The number of carbonyl (C=O) groups excluding carboxylic acids is 1. The maximum Gasteiger partial charge on any atom is 0.338 e. The molecule has 0 radical (unpaired) electrons. The molecule has 0 saturated carbocycles. The van der Waals surface area contributed by atoms with Gasteiger partial charge in [-0.3, -0.25) is 0 Å². The molecule has 1 fully saturated rings. The summed E-state index contributed by atoms with van der Waals surface area (Å²) in [6, 6.07) is 8.91. The van der Waals surface area contributed by atoms with Gasteiger partial charge in [0.1, 0.15) is 24.9 Å². The lowest BCUT2D eigenvalue weighted by Crippen LogP contribution is -2.61. The van der Waals surface area contributed by atoms with Crippen LogP contribution in [0.5, 0.6) is 11.9 Å². The summed E-state index contributed by atoms with van der Waals surface area (Å²) in [6.07, 6.45) is -8.51. The molecule has 1 aliphatic heterocycles. The Labute approximate surface area is 177 Å². The van der Waals surface area contributed by atoms with E-state index in [0.29, 0.717) is 0 Å². The van der Waals surface area contributed by atoms with Crippen molar-refractivity contribution in [2.45, 2.75) is 57.3 Å². The fourth-order valence-electron chi connectivity index (χ4n) is 2.76. The number of rotatable bonds is 7. The summed E-state index contributed by atoms with van der Waals surface area (Å²) in [7, 11) is 0. The maximum atomic E-state index is 14.2. The van der Waals surface area contributed by atoms with Crippen LogP contribution in [0.25, 0.3) is 0 Å². The molecule has 0 unspecified atom stereocenters. The van der Waals surface area contributed by atoms with Gasteiger partial charge in [-0.15, -0.1) is 0 Å². The van der Waals surface area contributed by atoms with Crippen molar-refractivity contribution < 1.29 is 43.5 Å². The van der Waals surface area contributed by atoms with Gasteiger partial charge in [0, 0.05) is 0 Å². The Morgan fingerprint density at radius 2 is 1.87 bits per heavy atom. The van der Waals surface area contributed by atoms with E-state index < -0.39 is 54.5 Å². The van der Waals surface area contributed by atoms with Crippen molar-refractivity contribution >= 4 is 5.97 Å². The molecule has 2 heterocycles. The molecule has 1 aromatic heterocycles. The Bertz CT molecular complexity index is 885. The van der Waals surface area contributed by atoms with Crippen molar-refractivity contribution in [3.05, 3.63) is 47.9 Å². The Balaban J connectivity index is 1.72. The minimum absolute atomic E-state index is 0.114. The summed E-state index contributed by atoms with van der Waals surface area (Å²) in [5.74, 6) is -2.61. The van der Waals surface area contributed by atoms with Gasteiger partial charge in [0.25, 0.3) is 5.88 Å². The first kappa shape index (κ1) is 22.8. The van der Waals surface area contributed by atoms with Gasteiger partial charge in [0.15, 0.2) is 6.10 Å². The minimum atomic E-state index is -1.82. The molecule has 0 aliphatic carbocycles. The molecule has 1 aliphatic rings. The van der Waals surface area contributed by atoms with Gasteiger partial charge in [-0.05, 0) is 19.4 Å². The lowest BCUT2D eigenvalue weighted by Gasteiger charge is -2.38. The molecule has 11 heteroatoms. The van der Waals surface area contributed by atoms with Crippen molar-refractivity contribution in [2.24, 2.45) is 0 Å². The van der Waals surface area contributed by atoms with Crippen molar-refractivity contribution in [3.8, 4) is 11.9 Å². The van der Waals surface area contributed by atoms with Gasteiger partial charge in [-0.25, -0.2) is 9.78 Å². The Morgan fingerprint density at radius 1 is 1.16 bits per heavy atom. The summed E-state index contributed by atoms with van der Waals surface area (Å²) in [4.78, 5) is 19.6. The quantitative estimate of drug-likeness (QED) is 0.518. The van der Waals surface area contributed by atoms with E-state index in [1.807, 2.05) is 30.3 Å². The molecule has 0 bridgehead atoms. The minimum Gasteiger partial charge on any atom is -0.461 e. The molecule has 0 amide bonds. The average molecular weight is 438 g/mol. The predicted molar refractivity (Wildman–Crippen MR) is 101 cm³/mol. The van der Waals surface area contributed by atoms with Gasteiger partial charge in [0.2, 0.25) is 12.1 Å². The van der Waals surface area contributed by atoms with E-state index in [4.69, 9.17) is 18.9 Å². The number of nitrogens with zero attached hydrogens (tertiary/aromatic N) is 2. The molecule has 3 N–H and O–H groups in total. The monoisotopic (exact) mass is 438 g/mol. The van der Waals surface area contributed by atoms with E-state index in [2.05, 4.69) is 9.97 Å². The van der Waals surface area contributed by atoms with Crippen LogP contribution in [0.3, 0.4) is 0 Å². The number of aliphatic hydroxyl groups excluding tert-OH is 3. The van der Waals surface area contributed by atoms with E-state index in [1.165, 1.54) is 0 Å². The van der Waals surface area contributed by atoms with Crippen molar-refractivity contribution in [3.63, 3.8) is 0 Å². The summed E-state index contributed by atoms with van der Waals surface area (Å²) in [5.41, 5.74) is 0.826. The molecule has 1 saturated heterocycles. The normalized spacial score (nSPS) is 25.8. The van der Waals surface area contributed by atoms with Crippen LogP contribution >= 0.6 is 0 Å². The zero-order valence-corrected chi connectivity index (χ0v) is 16.8. The number of aliphatic hydroxyl groups is 3. The van der Waals surface area contributed by atoms with Crippen molar-refractivity contribution in [1.29, 1.82) is 0 Å². The van der Waals surface area contributed by atoms with E-state index in [-0.39, 0.29) is 12.6 Å². The summed E-state index contributed by atoms with van der Waals surface area (Å²) < 4.78 is 35.0. The van der Waals surface area contributed by atoms with Crippen LogP contribution < -0.4 is 9.47 Å². The topological polar surface area (TPSA) is 140 Å². The molecular formula is C20H23FN2O8. The van der Waals surface area contributed by atoms with E-state index in [1.54, 1.807) is 13.8 Å². The second-order valence-electron chi connectivity index (χ2n) is 7.08. The Morgan fingerprint density at radius 3 is 2.55 bits per heavy atom. The Kier molecular flexibility index (Phi) is 7.33. The molecular weight excluding hydrogens is 415 g/mol. The first-order valence-corrected chi connectivity index (χ1v) is 9.52. The van der Waals surface area contributed by atoms with Crippen LogP contribution in [0.4, 0.5) is 4.39 Å². The molecule has 168 valence electrons. The van der Waals surface area contributed by atoms with Crippen LogP contribution in [-0.2, 0) is 20.9 Å². The van der Waals surface area contributed by atoms with Gasteiger partial charge >= 0.3 is 12.0 Å². The largest absolute Gasteiger partial charge is 0.461 e. The maximum absolute atomic E-state index is 14.2. The molecule has 5 atom stereocenters. The van der Waals surface area contributed by atoms with Gasteiger partial charge in [-0.2, -0.15) is 9.37 Å². The number of esters is 1. The average Bonchev–Trinajstić information content (AvgIpc) is 2.74. The first-order valence-electron chi connectivity index (χ1n) is 9.52. The second-order valence-corrected chi connectivity index (χ2v) is 7.08. The van der Waals surface area contributed by atoms with Crippen LogP contribution in [-0.4, -0.2) is 68.1 Å². The smallest absolute Gasteiger partial charge is 0.338 e. The third kappa shape index (κ3) is 5.64. The highest BCUT2D eigenvalue weighted by Gasteiger charge is 2.49. The highest BCUT2D eigenvalue weighted by molar-refractivity contribution is 5.76. The highest BCUT2D eigenvalue weighted by atomic mass is 19.1. The zero-order chi connectivity index (χ0) is 22.5. The molecule has 10 nitrogen and oxygen atoms in total. The molecule has 2 aromatic rings. The lowest BCUT2D eigenvalue weighted by atomic mass is 9.99. The molecule has 1 aromatic carbocycles. The van der Waals surface area contributed by atoms with Crippen LogP contribution in [0.1, 0.15) is 19.4 Å². The highest BCUT2D eigenvalue weighted by Crippen LogP contribution is 2.26. The zero-order valence-electron chi connectivity index (χ0n) is 16.8. The first-order chi connectivity index (χ1) is 14.8. The molecule has 31 heavy (non-hydrogen) atoms. The molecule has 0 spiro atoms. The van der Waals surface area contributed by atoms with Crippen molar-refractivity contribution in [2.75, 3.05) is 0 Å². The van der Waals surface area contributed by atoms with Gasteiger partial charge in [0.05, 0.1) is 12.3 Å². The van der Waals surface area contributed by atoms with E-state index in [0.717, 1.165) is 11.8 Å². The van der Waals surface area contributed by atoms with E-state index >= 15 is 0 Å². The molecule has 3 rings (SSSR count). The SMILES string of the molecule is CC(C)OC(=O)[C@H]1O[C@@H](Oc2nc(OCc3ccccc3)ncc2F)[C@H](O)[C@@H](O)[C@@H]1O. The predicted octanol–water partition coefficient (Wildman–Crippen LogP) is 0.333. The number of ether oxygens (including phenoxy) is 4. The summed E-state index contributed by atoms with van der Waals surface area (Å²) >= 11 is 0. The number of hydrogen-bond donors (Lipinski definition) is 3. The van der Waals surface area contributed by atoms with Gasteiger partial charge < -0.3 is 34.3 Å². The fourth-order valence-corrected chi connectivity index (χ4v) is 2.76. The summed E-state index contributed by atoms with van der Waals surface area (Å²) in [5, 5.41) is 30.3. The number of carbonyl (C=O) groups is 1. The van der Waals surface area contributed by atoms with Crippen LogP contribution in [0.15, 0.2) is 36.5 Å². The van der Waals surface area contributed by atoms with Gasteiger partial charge in [-0.1, -0.05) is 30.3 Å². The Hall–Kier alpha value is -2.86. The van der Waals surface area contributed by atoms with Crippen molar-refractivity contribution in [1.82, 2.24) is 9.97 Å². The number of hydrogen-bond acceptors (Lipinski definition) is 10. The third-order valence-corrected chi connectivity index (χ3v) is 4.28. The third-order valence-electron chi connectivity index (χ3n) is 4.28. The summed E-state index contributed by atoms with van der Waals surface area (Å²) in [6.45, 7) is 3.28. The number of benzene rings is 1. The van der Waals surface area contributed by atoms with Crippen LogP contribution in [0, 0.1) is 5.82 Å². The fraction of sp³-hybridized carbons (Fsp3) is 0.450. The van der Waals surface area contributed by atoms with Crippen LogP contribution in [0.2, 0.25) is 0 Å². The number of halogens is 1. The van der Waals surface area contributed by atoms with E-state index in [9.17, 15) is 24.5 Å². The lowest BCUT2D eigenvalue weighted by molar-refractivity contribution is -0.274. The second kappa shape index (κ2) is 9.96.